The quantitative estimate of drug-likeness (QED) is 0.558. The molecule has 1 N–H and O–H groups in total. The zero-order chi connectivity index (χ0) is 22.4. The van der Waals surface area contributed by atoms with E-state index in [4.69, 9.17) is 26.4 Å². The van der Waals surface area contributed by atoms with Crippen LogP contribution in [0.5, 0.6) is 11.5 Å². The Balaban J connectivity index is 1.71. The molecule has 1 saturated heterocycles. The lowest BCUT2D eigenvalue weighted by Gasteiger charge is -2.29. The highest BCUT2D eigenvalue weighted by atomic mass is 79.9. The fourth-order valence-electron chi connectivity index (χ4n) is 3.20. The van der Waals surface area contributed by atoms with Crippen molar-refractivity contribution in [2.75, 3.05) is 44.8 Å². The first kappa shape index (κ1) is 23.5. The van der Waals surface area contributed by atoms with Gasteiger partial charge in [0.05, 0.1) is 24.3 Å². The van der Waals surface area contributed by atoms with Crippen LogP contribution in [0.15, 0.2) is 34.8 Å². The molecule has 2 aromatic carbocycles. The molecule has 1 aliphatic rings. The largest absolute Gasteiger partial charge is 0.490 e. The number of amides is 1. The van der Waals surface area contributed by atoms with Crippen molar-refractivity contribution < 1.29 is 19.0 Å². The minimum Gasteiger partial charge on any atom is -0.490 e. The average molecular weight is 507 g/mol. The number of aryl methyl sites for hydroxylation is 2. The van der Waals surface area contributed by atoms with Crippen molar-refractivity contribution >= 4 is 44.7 Å². The number of carbonyl (C=O) groups is 1. The number of carbonyl (C=O) groups excluding carboxylic acids is 1. The Morgan fingerprint density at radius 3 is 2.58 bits per heavy atom. The molecule has 0 aromatic heterocycles. The molecule has 0 bridgehead atoms. The molecule has 6 nitrogen and oxygen atoms in total. The Labute approximate surface area is 197 Å². The molecule has 1 aliphatic heterocycles. The lowest BCUT2D eigenvalue weighted by molar-refractivity contribution is -0.118. The van der Waals surface area contributed by atoms with Crippen LogP contribution >= 0.6 is 28.1 Å². The van der Waals surface area contributed by atoms with Crippen LogP contribution in [0.3, 0.4) is 0 Å². The van der Waals surface area contributed by atoms with Gasteiger partial charge in [-0.05, 0) is 72.1 Å². The number of morpholine rings is 1. The second kappa shape index (κ2) is 10.9. The summed E-state index contributed by atoms with van der Waals surface area (Å²) in [5.74, 6) is 0.776. The van der Waals surface area contributed by atoms with Crippen LogP contribution < -0.4 is 14.8 Å². The van der Waals surface area contributed by atoms with Crippen LogP contribution in [0.2, 0.25) is 0 Å². The van der Waals surface area contributed by atoms with Gasteiger partial charge in [-0.15, -0.1) is 0 Å². The highest BCUT2D eigenvalue weighted by Gasteiger charge is 2.20. The van der Waals surface area contributed by atoms with Gasteiger partial charge in [0.15, 0.2) is 18.1 Å². The number of rotatable bonds is 7. The van der Waals surface area contributed by atoms with E-state index in [-0.39, 0.29) is 12.5 Å². The monoisotopic (exact) mass is 506 g/mol. The van der Waals surface area contributed by atoms with Crippen LogP contribution in [0.4, 0.5) is 5.69 Å². The molecule has 1 heterocycles. The molecule has 0 radical (unpaired) electrons. The molecule has 0 saturated carbocycles. The highest BCUT2D eigenvalue weighted by Crippen LogP contribution is 2.37. The van der Waals surface area contributed by atoms with Crippen molar-refractivity contribution in [3.63, 3.8) is 0 Å². The van der Waals surface area contributed by atoms with Crippen molar-refractivity contribution in [2.24, 2.45) is 0 Å². The van der Waals surface area contributed by atoms with E-state index in [1.54, 1.807) is 0 Å². The molecular weight excluding hydrogens is 480 g/mol. The standard InChI is InChI=1S/C23H27BrN2O4S/c1-4-29-20-13-17(23(31)26-7-9-28-10-8-26)12-19(24)22(20)30-14-21(27)25-18-6-5-15(2)16(3)11-18/h5-6,11-13H,4,7-10,14H2,1-3H3,(H,25,27). The third-order valence-corrected chi connectivity index (χ3v) is 6.08. The fraction of sp³-hybridized carbons (Fsp3) is 0.391. The number of nitrogens with zero attached hydrogens (tertiary/aromatic N) is 1. The van der Waals surface area contributed by atoms with Gasteiger partial charge in [-0.2, -0.15) is 0 Å². The van der Waals surface area contributed by atoms with Gasteiger partial charge >= 0.3 is 0 Å². The van der Waals surface area contributed by atoms with Crippen molar-refractivity contribution in [1.82, 2.24) is 4.90 Å². The first-order valence-corrected chi connectivity index (χ1v) is 11.4. The summed E-state index contributed by atoms with van der Waals surface area (Å²) >= 11 is 9.23. The number of halogens is 1. The van der Waals surface area contributed by atoms with Crippen LogP contribution in [0.25, 0.3) is 0 Å². The molecule has 0 spiro atoms. The van der Waals surface area contributed by atoms with Crippen molar-refractivity contribution in [2.45, 2.75) is 20.8 Å². The molecule has 0 atom stereocenters. The zero-order valence-electron chi connectivity index (χ0n) is 18.0. The van der Waals surface area contributed by atoms with Gasteiger partial charge in [-0.1, -0.05) is 18.3 Å². The zero-order valence-corrected chi connectivity index (χ0v) is 20.4. The number of anilines is 1. The van der Waals surface area contributed by atoms with Gasteiger partial charge in [0.1, 0.15) is 4.99 Å². The third-order valence-electron chi connectivity index (χ3n) is 4.99. The molecule has 2 aromatic rings. The minimum absolute atomic E-state index is 0.140. The summed E-state index contributed by atoms with van der Waals surface area (Å²) in [6, 6.07) is 9.56. The topological polar surface area (TPSA) is 60.0 Å². The second-order valence-corrected chi connectivity index (χ2v) is 8.50. The number of hydrogen-bond donors (Lipinski definition) is 1. The molecule has 3 rings (SSSR count). The average Bonchev–Trinajstić information content (AvgIpc) is 2.76. The Morgan fingerprint density at radius 2 is 1.90 bits per heavy atom. The highest BCUT2D eigenvalue weighted by molar-refractivity contribution is 9.10. The number of nitrogens with one attached hydrogen (secondary N) is 1. The van der Waals surface area contributed by atoms with Crippen molar-refractivity contribution in [1.29, 1.82) is 0 Å². The first-order chi connectivity index (χ1) is 14.9. The maximum Gasteiger partial charge on any atom is 0.262 e. The molecule has 0 unspecified atom stereocenters. The van der Waals surface area contributed by atoms with Crippen LogP contribution in [-0.2, 0) is 9.53 Å². The minimum atomic E-state index is -0.245. The lowest BCUT2D eigenvalue weighted by Crippen LogP contribution is -2.40. The van der Waals surface area contributed by atoms with Crippen LogP contribution in [-0.4, -0.2) is 55.3 Å². The van der Waals surface area contributed by atoms with Gasteiger partial charge in [0, 0.05) is 24.3 Å². The summed E-state index contributed by atoms with van der Waals surface area (Å²) in [5.41, 5.74) is 3.90. The van der Waals surface area contributed by atoms with Crippen LogP contribution in [0, 0.1) is 13.8 Å². The SMILES string of the molecule is CCOc1cc(C(=S)N2CCOCC2)cc(Br)c1OCC(=O)Nc1ccc(C)c(C)c1. The van der Waals surface area contributed by atoms with E-state index in [9.17, 15) is 4.79 Å². The van der Waals surface area contributed by atoms with Crippen molar-refractivity contribution in [3.05, 3.63) is 51.5 Å². The molecule has 1 amide bonds. The van der Waals surface area contributed by atoms with Crippen molar-refractivity contribution in [3.8, 4) is 11.5 Å². The molecule has 31 heavy (non-hydrogen) atoms. The van der Waals surface area contributed by atoms with E-state index >= 15 is 0 Å². The molecule has 1 fully saturated rings. The van der Waals surface area contributed by atoms with E-state index < -0.39 is 0 Å². The summed E-state index contributed by atoms with van der Waals surface area (Å²) in [5, 5.41) is 2.86. The predicted octanol–water partition coefficient (Wildman–Crippen LogP) is 4.49. The Bertz CT molecular complexity index is 961. The van der Waals surface area contributed by atoms with E-state index in [2.05, 4.69) is 26.1 Å². The summed E-state index contributed by atoms with van der Waals surface area (Å²) in [7, 11) is 0. The lowest BCUT2D eigenvalue weighted by atomic mass is 10.1. The second-order valence-electron chi connectivity index (χ2n) is 7.26. The van der Waals surface area contributed by atoms with E-state index in [0.717, 1.165) is 34.9 Å². The number of benzene rings is 2. The maximum atomic E-state index is 12.4. The maximum absolute atomic E-state index is 12.4. The van der Waals surface area contributed by atoms with E-state index in [1.807, 2.05) is 51.1 Å². The van der Waals surface area contributed by atoms with Gasteiger partial charge < -0.3 is 24.4 Å². The fourth-order valence-corrected chi connectivity index (χ4v) is 4.05. The Kier molecular flexibility index (Phi) is 8.28. The smallest absolute Gasteiger partial charge is 0.262 e. The summed E-state index contributed by atoms with van der Waals surface area (Å²) in [6.45, 7) is 9.12. The van der Waals surface area contributed by atoms with E-state index in [0.29, 0.717) is 35.8 Å². The van der Waals surface area contributed by atoms with Crippen LogP contribution in [0.1, 0.15) is 23.6 Å². The molecule has 0 aliphatic carbocycles. The Hall–Kier alpha value is -2.16. The van der Waals surface area contributed by atoms with E-state index in [1.165, 1.54) is 5.56 Å². The summed E-state index contributed by atoms with van der Waals surface area (Å²) in [6.07, 6.45) is 0. The third kappa shape index (κ3) is 6.18. The number of hydrogen-bond acceptors (Lipinski definition) is 5. The molecular formula is C23H27BrN2O4S. The van der Waals surface area contributed by atoms with Gasteiger partial charge in [0.25, 0.3) is 5.91 Å². The van der Waals surface area contributed by atoms with Gasteiger partial charge in [0.2, 0.25) is 0 Å². The number of thiocarbonyl (C=S) groups is 1. The Morgan fingerprint density at radius 1 is 1.16 bits per heavy atom. The van der Waals surface area contributed by atoms with Gasteiger partial charge in [-0.25, -0.2) is 0 Å². The molecule has 166 valence electrons. The summed E-state index contributed by atoms with van der Waals surface area (Å²) < 4.78 is 17.7. The molecule has 8 heteroatoms. The number of ether oxygens (including phenoxy) is 3. The predicted molar refractivity (Wildman–Crippen MR) is 129 cm³/mol. The first-order valence-electron chi connectivity index (χ1n) is 10.2. The van der Waals surface area contributed by atoms with Gasteiger partial charge in [-0.3, -0.25) is 4.79 Å². The summed E-state index contributed by atoms with van der Waals surface area (Å²) in [4.78, 5) is 15.3. The normalized spacial score (nSPS) is 13.6.